The fourth-order valence-electron chi connectivity index (χ4n) is 1.46. The minimum absolute atomic E-state index is 0. The number of halogens is 1. The van der Waals surface area contributed by atoms with Gasteiger partial charge in [-0.3, -0.25) is 0 Å². The van der Waals surface area contributed by atoms with Crippen LogP contribution in [0.5, 0.6) is 0 Å². The monoisotopic (exact) mass is 486 g/mol. The van der Waals surface area contributed by atoms with Crippen LogP contribution in [0.3, 0.4) is 0 Å². The van der Waals surface area contributed by atoms with Gasteiger partial charge in [0.2, 0.25) is 0 Å². The van der Waals surface area contributed by atoms with Gasteiger partial charge in [-0.1, -0.05) is 42.5 Å². The number of nitrogens with zero attached hydrogens (tertiary/aromatic N) is 1. The quantitative estimate of drug-likeness (QED) is 0.459. The highest BCUT2D eigenvalue weighted by atomic mass is 35.7. The van der Waals surface area contributed by atoms with Gasteiger partial charge < -0.3 is 32.9 Å². The molecule has 0 aromatic heterocycles. The minimum atomic E-state index is -0.993. The Morgan fingerprint density at radius 2 is 0.964 bits per heavy atom. The van der Waals surface area contributed by atoms with Crippen molar-refractivity contribution in [2.75, 3.05) is 39.6 Å². The molecule has 3 aliphatic heterocycles. The molecule has 3 aliphatic rings. The lowest BCUT2D eigenvalue weighted by atomic mass is 10.4. The number of nitrogens with two attached hydrogens (primary N) is 1. The fraction of sp³-hybridized carbons (Fsp3) is 1.00. The fourth-order valence-corrected chi connectivity index (χ4v) is 5.79. The lowest BCUT2D eigenvalue weighted by Crippen LogP contribution is -2.21. The predicted octanol–water partition coefficient (Wildman–Crippen LogP) is 6.40. The number of rotatable bonds is 3. The van der Waals surface area contributed by atoms with Gasteiger partial charge in [-0.15, -0.1) is 0 Å². The average molecular weight is 487 g/mol. The van der Waals surface area contributed by atoms with E-state index in [1.54, 1.807) is 0 Å². The van der Waals surface area contributed by atoms with Crippen molar-refractivity contribution in [1.82, 2.24) is 4.44 Å². The van der Waals surface area contributed by atoms with E-state index < -0.39 is 24.8 Å². The molecule has 28 heavy (non-hydrogen) atoms. The van der Waals surface area contributed by atoms with E-state index in [1.807, 2.05) is 27.7 Å². The molecule has 0 atom stereocenters. The Morgan fingerprint density at radius 3 is 1.14 bits per heavy atom. The topological polar surface area (TPSA) is 84.6 Å². The molecular formula is C16H42ClN2O6P3. The van der Waals surface area contributed by atoms with E-state index in [0.29, 0.717) is 51.7 Å². The first-order valence-corrected chi connectivity index (χ1v) is 13.1. The maximum atomic E-state index is 5.51. The summed E-state index contributed by atoms with van der Waals surface area (Å²) in [6.07, 6.45) is 0. The molecule has 0 unspecified atom stereocenters. The normalized spacial score (nSPS) is 19.8. The van der Waals surface area contributed by atoms with E-state index in [-0.39, 0.29) is 14.9 Å². The van der Waals surface area contributed by atoms with E-state index >= 15 is 0 Å². The first-order valence-electron chi connectivity index (χ1n) is 8.80. The van der Waals surface area contributed by atoms with Gasteiger partial charge in [0.05, 0.1) is 39.6 Å². The van der Waals surface area contributed by atoms with E-state index in [0.717, 1.165) is 0 Å². The van der Waals surface area contributed by atoms with Gasteiger partial charge in [0.25, 0.3) is 24.8 Å². The van der Waals surface area contributed by atoms with Gasteiger partial charge in [-0.2, -0.15) is 4.44 Å². The van der Waals surface area contributed by atoms with E-state index in [9.17, 15) is 0 Å². The molecule has 8 nitrogen and oxygen atoms in total. The first-order chi connectivity index (χ1) is 12.4. The van der Waals surface area contributed by atoms with Crippen LogP contribution in [-0.2, 0) is 27.1 Å². The second-order valence-electron chi connectivity index (χ2n) is 5.35. The van der Waals surface area contributed by atoms with Crippen LogP contribution in [0.1, 0.15) is 56.4 Å². The lowest BCUT2D eigenvalue weighted by molar-refractivity contribution is 0.323. The summed E-state index contributed by atoms with van der Waals surface area (Å²) in [5.74, 6) is 0. The molecule has 2 N–H and O–H groups in total. The average Bonchev–Trinajstić information content (AvgIpc) is 3.33. The highest BCUT2D eigenvalue weighted by Gasteiger charge is 2.38. The number of hydrogen-bond donors (Lipinski definition) is 1. The summed E-state index contributed by atoms with van der Waals surface area (Å²) in [7, 11) is -2.89. The summed E-state index contributed by atoms with van der Waals surface area (Å²) in [4.78, 5) is 0. The van der Waals surface area contributed by atoms with Crippen LogP contribution < -0.4 is 5.73 Å². The van der Waals surface area contributed by atoms with Crippen molar-refractivity contribution in [2.24, 2.45) is 5.73 Å². The molecule has 0 bridgehead atoms. The molecular weight excluding hydrogens is 445 g/mol. The Kier molecular flexibility index (Phi) is 26.0. The predicted molar refractivity (Wildman–Crippen MR) is 123 cm³/mol. The summed E-state index contributed by atoms with van der Waals surface area (Å²) < 4.78 is 33.7. The maximum absolute atomic E-state index is 5.51. The van der Waals surface area contributed by atoms with Crippen molar-refractivity contribution >= 4 is 36.0 Å². The third kappa shape index (κ3) is 16.0. The van der Waals surface area contributed by atoms with Crippen LogP contribution in [-0.4, -0.2) is 56.2 Å². The third-order valence-corrected chi connectivity index (χ3v) is 7.68. The molecule has 0 amide bonds. The van der Waals surface area contributed by atoms with Crippen LogP contribution in [0.4, 0.5) is 0 Å². The molecule has 0 saturated carbocycles. The summed E-state index contributed by atoms with van der Waals surface area (Å²) in [5, 5.41) is 0. The summed E-state index contributed by atoms with van der Waals surface area (Å²) >= 11 is 5.33. The zero-order valence-corrected chi connectivity index (χ0v) is 20.0. The molecule has 0 aromatic carbocycles. The highest BCUT2D eigenvalue weighted by molar-refractivity contribution is 7.76. The molecule has 0 aliphatic carbocycles. The van der Waals surface area contributed by atoms with E-state index in [2.05, 4.69) is 18.3 Å². The third-order valence-electron chi connectivity index (χ3n) is 2.24. The molecule has 0 spiro atoms. The largest absolute Gasteiger partial charge is 0.328 e. The van der Waals surface area contributed by atoms with Crippen molar-refractivity contribution in [1.29, 1.82) is 0 Å². The highest BCUT2D eigenvalue weighted by Crippen LogP contribution is 2.62. The van der Waals surface area contributed by atoms with Crippen LogP contribution >= 0.6 is 36.0 Å². The maximum Gasteiger partial charge on any atom is 0.276 e. The zero-order chi connectivity index (χ0) is 19.9. The van der Waals surface area contributed by atoms with Gasteiger partial charge in [0, 0.05) is 6.04 Å². The van der Waals surface area contributed by atoms with Crippen LogP contribution in [0, 0.1) is 0 Å². The molecule has 0 radical (unpaired) electrons. The summed E-state index contributed by atoms with van der Waals surface area (Å²) in [5.41, 5.74) is 5.11. The van der Waals surface area contributed by atoms with Crippen molar-refractivity contribution < 1.29 is 27.1 Å². The Hall–Kier alpha value is 1.26. The zero-order valence-electron chi connectivity index (χ0n) is 16.6. The Labute approximate surface area is 181 Å². The van der Waals surface area contributed by atoms with Crippen molar-refractivity contribution in [3.8, 4) is 0 Å². The summed E-state index contributed by atoms with van der Waals surface area (Å²) in [6, 6.07) is 0.656. The second-order valence-corrected chi connectivity index (χ2v) is 10.3. The first kappa shape index (κ1) is 33.9. The SMILES string of the molecule is C.C.CC.CC(C)N.CC(C)N(P1OCCO1)P1OCCO1.ClP1OCCO1. The van der Waals surface area contributed by atoms with Crippen molar-refractivity contribution in [3.05, 3.63) is 0 Å². The molecule has 0 aromatic rings. The van der Waals surface area contributed by atoms with Crippen molar-refractivity contribution in [2.45, 2.75) is 68.5 Å². The van der Waals surface area contributed by atoms with Crippen LogP contribution in [0.25, 0.3) is 0 Å². The van der Waals surface area contributed by atoms with Crippen LogP contribution in [0.15, 0.2) is 0 Å². The standard InChI is InChI=1S/C7H15NO4P2.C3H9N.C2H4ClO2P.C2H6.2CH4/c1-7(2)8(13-9-3-4-10-13)14-11-5-6-12-14;1-3(2)4;3-6-4-1-2-5-6;1-2;;/h7H,3-6H2,1-2H3;3H,4H2,1-2H3;1-2H2;1-2H3;2*1H4. The smallest absolute Gasteiger partial charge is 0.276 e. The molecule has 12 heteroatoms. The number of hydrogen-bond acceptors (Lipinski definition) is 8. The van der Waals surface area contributed by atoms with Gasteiger partial charge >= 0.3 is 0 Å². The molecule has 3 saturated heterocycles. The molecule has 3 fully saturated rings. The Balaban J connectivity index is -0.000000377. The minimum Gasteiger partial charge on any atom is -0.328 e. The second kappa shape index (κ2) is 21.5. The lowest BCUT2D eigenvalue weighted by Gasteiger charge is -2.30. The van der Waals surface area contributed by atoms with E-state index in [4.69, 9.17) is 44.1 Å². The molecule has 174 valence electrons. The van der Waals surface area contributed by atoms with Gasteiger partial charge in [-0.05, 0) is 31.1 Å². The van der Waals surface area contributed by atoms with Gasteiger partial charge in [-0.25, -0.2) is 0 Å². The Morgan fingerprint density at radius 1 is 0.714 bits per heavy atom. The van der Waals surface area contributed by atoms with E-state index in [1.165, 1.54) is 0 Å². The molecule has 3 heterocycles. The molecule has 3 rings (SSSR count). The van der Waals surface area contributed by atoms with Crippen LogP contribution in [0.2, 0.25) is 0 Å². The van der Waals surface area contributed by atoms with Gasteiger partial charge in [0.1, 0.15) is 0 Å². The van der Waals surface area contributed by atoms with Crippen molar-refractivity contribution in [3.63, 3.8) is 0 Å². The van der Waals surface area contributed by atoms with Gasteiger partial charge in [0.15, 0.2) is 0 Å². The Bertz CT molecular complexity index is 302. The summed E-state index contributed by atoms with van der Waals surface area (Å²) in [6.45, 7) is 16.1.